The third-order valence-electron chi connectivity index (χ3n) is 4.23. The molecule has 3 aromatic rings. The Balaban J connectivity index is 1.59. The summed E-state index contributed by atoms with van der Waals surface area (Å²) < 4.78 is 0. The van der Waals surface area contributed by atoms with Crippen molar-refractivity contribution in [2.75, 3.05) is 13.1 Å². The van der Waals surface area contributed by atoms with Crippen LogP contribution in [0.25, 0.3) is 22.0 Å². The maximum absolute atomic E-state index is 10.3. The first-order valence-corrected chi connectivity index (χ1v) is 8.94. The third-order valence-corrected chi connectivity index (χ3v) is 5.49. The minimum absolute atomic E-state index is 0.198. The van der Waals surface area contributed by atoms with E-state index < -0.39 is 0 Å². The standard InChI is InChI=1S/C18H18N4OS/c23-17-8-13-9-20-4-1-12(13)7-15(17)16-10-22-18(11-21-16)24-14-2-5-19-6-3-14/h1,4,7-11,14,19,23H,2-3,5-6H2. The molecular weight excluding hydrogens is 320 g/mol. The van der Waals surface area contributed by atoms with E-state index in [9.17, 15) is 5.11 Å². The number of fused-ring (bicyclic) bond motifs is 1. The smallest absolute Gasteiger partial charge is 0.125 e. The summed E-state index contributed by atoms with van der Waals surface area (Å²) in [4.78, 5) is 13.1. The summed E-state index contributed by atoms with van der Waals surface area (Å²) in [5.74, 6) is 0.198. The number of aromatic hydroxyl groups is 1. The van der Waals surface area contributed by atoms with Crippen LogP contribution in [0.3, 0.4) is 0 Å². The summed E-state index contributed by atoms with van der Waals surface area (Å²) in [5, 5.41) is 17.1. The number of aromatic nitrogens is 3. The SMILES string of the molecule is Oc1cc2cnccc2cc1-c1cnc(SC2CCNCC2)cn1. The topological polar surface area (TPSA) is 70.9 Å². The molecule has 1 saturated heterocycles. The van der Waals surface area contributed by atoms with Crippen molar-refractivity contribution >= 4 is 22.5 Å². The fourth-order valence-electron chi connectivity index (χ4n) is 2.93. The molecule has 5 nitrogen and oxygen atoms in total. The van der Waals surface area contributed by atoms with Crippen LogP contribution >= 0.6 is 11.8 Å². The molecule has 1 fully saturated rings. The van der Waals surface area contributed by atoms with Gasteiger partial charge in [-0.25, -0.2) is 4.98 Å². The molecule has 24 heavy (non-hydrogen) atoms. The van der Waals surface area contributed by atoms with Crippen LogP contribution in [0.15, 0.2) is 48.0 Å². The van der Waals surface area contributed by atoms with Gasteiger partial charge in [-0.15, -0.1) is 11.8 Å². The molecule has 2 aromatic heterocycles. The first-order chi connectivity index (χ1) is 11.8. The first kappa shape index (κ1) is 15.4. The van der Waals surface area contributed by atoms with Crippen molar-refractivity contribution in [3.05, 3.63) is 43.0 Å². The number of pyridine rings is 1. The summed E-state index contributed by atoms with van der Waals surface area (Å²) in [6, 6.07) is 5.57. The van der Waals surface area contributed by atoms with E-state index in [-0.39, 0.29) is 5.75 Å². The summed E-state index contributed by atoms with van der Waals surface area (Å²) in [7, 11) is 0. The van der Waals surface area contributed by atoms with Gasteiger partial charge < -0.3 is 10.4 Å². The molecule has 0 radical (unpaired) electrons. The Labute approximate surface area is 144 Å². The second kappa shape index (κ2) is 6.75. The molecular formula is C18H18N4OS. The number of benzene rings is 1. The maximum atomic E-state index is 10.3. The number of phenolic OH excluding ortho intramolecular Hbond substituents is 1. The Morgan fingerprint density at radius 1 is 1.04 bits per heavy atom. The lowest BCUT2D eigenvalue weighted by molar-refractivity contribution is 0.478. The molecule has 1 aliphatic rings. The van der Waals surface area contributed by atoms with Gasteiger partial charge in [0.15, 0.2) is 0 Å². The molecule has 0 aliphatic carbocycles. The molecule has 1 aliphatic heterocycles. The number of piperidine rings is 1. The lowest BCUT2D eigenvalue weighted by atomic mass is 10.1. The Hall–Kier alpha value is -2.18. The Morgan fingerprint density at radius 2 is 1.92 bits per heavy atom. The lowest BCUT2D eigenvalue weighted by Gasteiger charge is -2.21. The maximum Gasteiger partial charge on any atom is 0.125 e. The van der Waals surface area contributed by atoms with Crippen LogP contribution < -0.4 is 5.32 Å². The van der Waals surface area contributed by atoms with Gasteiger partial charge in [-0.2, -0.15) is 0 Å². The Kier molecular flexibility index (Phi) is 4.32. The monoisotopic (exact) mass is 338 g/mol. The second-order valence-corrected chi connectivity index (χ2v) is 7.22. The first-order valence-electron chi connectivity index (χ1n) is 8.06. The third kappa shape index (κ3) is 3.20. The van der Waals surface area contributed by atoms with Gasteiger partial charge in [-0.1, -0.05) is 0 Å². The molecule has 6 heteroatoms. The highest BCUT2D eigenvalue weighted by atomic mass is 32.2. The summed E-state index contributed by atoms with van der Waals surface area (Å²) in [6.45, 7) is 2.14. The number of hydrogen-bond acceptors (Lipinski definition) is 6. The van der Waals surface area contributed by atoms with E-state index in [2.05, 4.69) is 20.3 Å². The van der Waals surface area contributed by atoms with Crippen molar-refractivity contribution in [1.82, 2.24) is 20.3 Å². The largest absolute Gasteiger partial charge is 0.507 e. The predicted octanol–water partition coefficient (Wildman–Crippen LogP) is 3.24. The van der Waals surface area contributed by atoms with Crippen LogP contribution in [0.5, 0.6) is 5.75 Å². The summed E-state index contributed by atoms with van der Waals surface area (Å²) >= 11 is 1.79. The van der Waals surface area contributed by atoms with Crippen LogP contribution in [0.2, 0.25) is 0 Å². The van der Waals surface area contributed by atoms with E-state index in [0.717, 1.165) is 41.7 Å². The average molecular weight is 338 g/mol. The minimum Gasteiger partial charge on any atom is -0.507 e. The Bertz CT molecular complexity index is 847. The number of rotatable bonds is 3. The number of hydrogen-bond donors (Lipinski definition) is 2. The van der Waals surface area contributed by atoms with Gasteiger partial charge in [-0.05, 0) is 49.5 Å². The van der Waals surface area contributed by atoms with Gasteiger partial charge in [-0.3, -0.25) is 9.97 Å². The van der Waals surface area contributed by atoms with Crippen molar-refractivity contribution in [2.45, 2.75) is 23.1 Å². The van der Waals surface area contributed by atoms with Crippen LogP contribution in [-0.4, -0.2) is 38.4 Å². The molecule has 4 rings (SSSR count). The second-order valence-electron chi connectivity index (χ2n) is 5.90. The van der Waals surface area contributed by atoms with Gasteiger partial charge in [0.2, 0.25) is 0 Å². The molecule has 122 valence electrons. The fraction of sp³-hybridized carbons (Fsp3) is 0.278. The van der Waals surface area contributed by atoms with Crippen molar-refractivity contribution in [3.8, 4) is 17.0 Å². The molecule has 0 unspecified atom stereocenters. The zero-order valence-electron chi connectivity index (χ0n) is 13.1. The molecule has 0 saturated carbocycles. The molecule has 0 amide bonds. The highest BCUT2D eigenvalue weighted by molar-refractivity contribution is 7.99. The van der Waals surface area contributed by atoms with Crippen molar-refractivity contribution in [2.24, 2.45) is 0 Å². The quantitative estimate of drug-likeness (QED) is 0.764. The van der Waals surface area contributed by atoms with Gasteiger partial charge in [0.25, 0.3) is 0 Å². The number of nitrogens with one attached hydrogen (secondary N) is 1. The molecule has 3 heterocycles. The van der Waals surface area contributed by atoms with Crippen molar-refractivity contribution < 1.29 is 5.11 Å². The van der Waals surface area contributed by atoms with E-state index in [4.69, 9.17) is 0 Å². The molecule has 0 atom stereocenters. The van der Waals surface area contributed by atoms with E-state index in [1.54, 1.807) is 42.6 Å². The van der Waals surface area contributed by atoms with Crippen LogP contribution in [0, 0.1) is 0 Å². The molecule has 1 aromatic carbocycles. The van der Waals surface area contributed by atoms with Gasteiger partial charge in [0, 0.05) is 28.6 Å². The van der Waals surface area contributed by atoms with Gasteiger partial charge in [0.05, 0.1) is 18.1 Å². The molecule has 0 spiro atoms. The van der Waals surface area contributed by atoms with Crippen LogP contribution in [0.4, 0.5) is 0 Å². The highest BCUT2D eigenvalue weighted by Gasteiger charge is 2.15. The fourth-order valence-corrected chi connectivity index (χ4v) is 3.97. The Morgan fingerprint density at radius 3 is 2.71 bits per heavy atom. The van der Waals surface area contributed by atoms with Crippen LogP contribution in [-0.2, 0) is 0 Å². The highest BCUT2D eigenvalue weighted by Crippen LogP contribution is 2.33. The normalized spacial score (nSPS) is 15.7. The molecule has 2 N–H and O–H groups in total. The summed E-state index contributed by atoms with van der Waals surface area (Å²) in [6.07, 6.45) is 9.35. The minimum atomic E-state index is 0.198. The van der Waals surface area contributed by atoms with E-state index in [0.29, 0.717) is 16.5 Å². The van der Waals surface area contributed by atoms with E-state index >= 15 is 0 Å². The number of thioether (sulfide) groups is 1. The lowest BCUT2D eigenvalue weighted by Crippen LogP contribution is -2.29. The molecule has 0 bridgehead atoms. The van der Waals surface area contributed by atoms with E-state index in [1.165, 1.54) is 0 Å². The van der Waals surface area contributed by atoms with Crippen LogP contribution in [0.1, 0.15) is 12.8 Å². The number of nitrogens with zero attached hydrogens (tertiary/aromatic N) is 3. The zero-order valence-corrected chi connectivity index (χ0v) is 14.0. The van der Waals surface area contributed by atoms with E-state index in [1.807, 2.05) is 12.1 Å². The van der Waals surface area contributed by atoms with Crippen molar-refractivity contribution in [1.29, 1.82) is 0 Å². The van der Waals surface area contributed by atoms with Crippen molar-refractivity contribution in [3.63, 3.8) is 0 Å². The van der Waals surface area contributed by atoms with Gasteiger partial charge in [0.1, 0.15) is 10.8 Å². The average Bonchev–Trinajstić information content (AvgIpc) is 2.63. The van der Waals surface area contributed by atoms with Gasteiger partial charge >= 0.3 is 0 Å². The summed E-state index contributed by atoms with van der Waals surface area (Å²) in [5.41, 5.74) is 1.38. The zero-order chi connectivity index (χ0) is 16.4. The predicted molar refractivity (Wildman–Crippen MR) is 96.2 cm³/mol. The number of phenols is 1.